The topological polar surface area (TPSA) is 124 Å². The lowest BCUT2D eigenvalue weighted by molar-refractivity contribution is -0.137. The first kappa shape index (κ1) is 18.2. The van der Waals surface area contributed by atoms with Crippen molar-refractivity contribution in [2.45, 2.75) is 20.4 Å². The van der Waals surface area contributed by atoms with Gasteiger partial charge in [0.05, 0.1) is 18.2 Å². The second-order valence-electron chi connectivity index (χ2n) is 5.89. The molecule has 2 heterocycles. The van der Waals surface area contributed by atoms with Crippen molar-refractivity contribution >= 4 is 28.6 Å². The lowest BCUT2D eigenvalue weighted by atomic mass is 10.00. The van der Waals surface area contributed by atoms with Gasteiger partial charge in [-0.1, -0.05) is 0 Å². The van der Waals surface area contributed by atoms with Gasteiger partial charge in [-0.2, -0.15) is 5.10 Å². The summed E-state index contributed by atoms with van der Waals surface area (Å²) in [5.41, 5.74) is 1.62. The van der Waals surface area contributed by atoms with Crippen molar-refractivity contribution in [2.75, 3.05) is 7.11 Å². The number of fused-ring (bicyclic) bond motifs is 1. The highest BCUT2D eigenvalue weighted by Gasteiger charge is 2.23. The molecule has 2 aromatic heterocycles. The number of ether oxygens (including phenoxy) is 1. The van der Waals surface area contributed by atoms with Crippen molar-refractivity contribution in [1.82, 2.24) is 19.7 Å². The zero-order chi connectivity index (χ0) is 19.7. The monoisotopic (exact) mass is 368 g/mol. The first-order chi connectivity index (χ1) is 12.8. The summed E-state index contributed by atoms with van der Waals surface area (Å²) in [7, 11) is 1.22. The minimum Gasteiger partial charge on any atom is -0.480 e. The van der Waals surface area contributed by atoms with E-state index in [1.807, 2.05) is 0 Å². The number of hydrogen-bond donors (Lipinski definition) is 1. The summed E-state index contributed by atoms with van der Waals surface area (Å²) in [5, 5.41) is 13.6. The van der Waals surface area contributed by atoms with Crippen molar-refractivity contribution in [1.29, 1.82) is 0 Å². The van der Waals surface area contributed by atoms with Gasteiger partial charge in [0.15, 0.2) is 5.78 Å². The molecular weight excluding hydrogens is 352 g/mol. The van der Waals surface area contributed by atoms with E-state index in [4.69, 9.17) is 9.84 Å². The number of methoxy groups -OCH3 is 1. The van der Waals surface area contributed by atoms with E-state index in [1.54, 1.807) is 31.5 Å². The van der Waals surface area contributed by atoms with E-state index in [-0.39, 0.29) is 22.6 Å². The van der Waals surface area contributed by atoms with Gasteiger partial charge in [-0.15, -0.1) is 0 Å². The number of carboxylic acid groups (broad SMARTS) is 1. The van der Waals surface area contributed by atoms with Crippen molar-refractivity contribution in [3.05, 3.63) is 41.6 Å². The highest BCUT2D eigenvalue weighted by molar-refractivity contribution is 6.12. The molecule has 0 unspecified atom stereocenters. The Balaban J connectivity index is 2.37. The number of carboxylic acids is 1. The summed E-state index contributed by atoms with van der Waals surface area (Å²) >= 11 is 0. The first-order valence-electron chi connectivity index (χ1n) is 7.96. The Labute approximate surface area is 153 Å². The van der Waals surface area contributed by atoms with Gasteiger partial charge in [-0.25, -0.2) is 14.8 Å². The Bertz CT molecular complexity index is 1070. The minimum absolute atomic E-state index is 0.0753. The van der Waals surface area contributed by atoms with E-state index in [9.17, 15) is 14.4 Å². The molecule has 138 valence electrons. The van der Waals surface area contributed by atoms with Gasteiger partial charge >= 0.3 is 11.9 Å². The minimum atomic E-state index is -1.15. The lowest BCUT2D eigenvalue weighted by Gasteiger charge is -2.09. The van der Waals surface area contributed by atoms with Gasteiger partial charge in [0.1, 0.15) is 18.1 Å². The third-order valence-corrected chi connectivity index (χ3v) is 3.98. The largest absolute Gasteiger partial charge is 0.480 e. The van der Waals surface area contributed by atoms with E-state index in [2.05, 4.69) is 15.1 Å². The number of esters is 1. The molecule has 0 spiro atoms. The molecular formula is C18H16N4O5. The Morgan fingerprint density at radius 2 is 1.81 bits per heavy atom. The Hall–Kier alpha value is -3.62. The zero-order valence-corrected chi connectivity index (χ0v) is 14.9. The molecule has 0 aliphatic rings. The average molecular weight is 368 g/mol. The van der Waals surface area contributed by atoms with Crippen LogP contribution in [0.5, 0.6) is 0 Å². The van der Waals surface area contributed by atoms with Crippen molar-refractivity contribution in [2.24, 2.45) is 0 Å². The maximum Gasteiger partial charge on any atom is 0.340 e. The number of nitrogens with zero attached hydrogens (tertiary/aromatic N) is 4. The van der Waals surface area contributed by atoms with Gasteiger partial charge in [0.25, 0.3) is 0 Å². The molecule has 0 radical (unpaired) electrons. The summed E-state index contributed by atoms with van der Waals surface area (Å²) in [4.78, 5) is 43.9. The Morgan fingerprint density at radius 1 is 1.15 bits per heavy atom. The number of aliphatic carboxylic acids is 1. The normalized spacial score (nSPS) is 10.8. The van der Waals surface area contributed by atoms with Gasteiger partial charge in [0.2, 0.25) is 0 Å². The van der Waals surface area contributed by atoms with Crippen LogP contribution in [0.15, 0.2) is 24.5 Å². The van der Waals surface area contributed by atoms with Gasteiger partial charge in [0, 0.05) is 30.3 Å². The van der Waals surface area contributed by atoms with E-state index in [1.165, 1.54) is 14.0 Å². The number of ketones is 1. The van der Waals surface area contributed by atoms with Crippen LogP contribution in [0.4, 0.5) is 0 Å². The highest BCUT2D eigenvalue weighted by Crippen LogP contribution is 2.30. The number of benzene rings is 1. The zero-order valence-electron chi connectivity index (χ0n) is 14.9. The van der Waals surface area contributed by atoms with Crippen LogP contribution in [-0.2, 0) is 16.1 Å². The van der Waals surface area contributed by atoms with E-state index in [0.717, 1.165) is 4.68 Å². The SMILES string of the molecule is COC(=O)c1cc(-c2cnc(C)nc2)cc2c(C(C)=O)nn(CC(=O)O)c12. The van der Waals surface area contributed by atoms with E-state index < -0.39 is 18.5 Å². The smallest absolute Gasteiger partial charge is 0.340 e. The third-order valence-electron chi connectivity index (χ3n) is 3.98. The molecule has 1 N–H and O–H groups in total. The standard InChI is InChI=1S/C18H16N4O5/c1-9(23)16-13-4-11(12-6-19-10(2)20-7-12)5-14(18(26)27-3)17(13)22(21-16)8-15(24)25/h4-7H,8H2,1-3H3,(H,24,25). The second kappa shape index (κ2) is 6.94. The van der Waals surface area contributed by atoms with Crippen LogP contribution >= 0.6 is 0 Å². The number of rotatable bonds is 5. The number of Topliss-reactive ketones (excluding diaryl/α,β-unsaturated/α-hetero) is 1. The summed E-state index contributed by atoms with van der Waals surface area (Å²) in [6.45, 7) is 2.57. The number of carbonyl (C=O) groups is 3. The van der Waals surface area contributed by atoms with Crippen molar-refractivity contribution in [3.63, 3.8) is 0 Å². The Morgan fingerprint density at radius 3 is 2.37 bits per heavy atom. The molecule has 0 atom stereocenters. The van der Waals surface area contributed by atoms with Crippen LogP contribution in [-0.4, -0.2) is 49.7 Å². The molecule has 3 rings (SSSR count). The highest BCUT2D eigenvalue weighted by atomic mass is 16.5. The van der Waals surface area contributed by atoms with Crippen LogP contribution in [0.1, 0.15) is 33.6 Å². The summed E-state index contributed by atoms with van der Waals surface area (Å²) in [6, 6.07) is 3.21. The molecule has 0 fully saturated rings. The maximum atomic E-state index is 12.4. The van der Waals surface area contributed by atoms with E-state index in [0.29, 0.717) is 22.3 Å². The quantitative estimate of drug-likeness (QED) is 0.535. The Kier molecular flexibility index (Phi) is 4.68. The molecule has 0 saturated carbocycles. The molecule has 9 heteroatoms. The van der Waals surface area contributed by atoms with Gasteiger partial charge < -0.3 is 9.84 Å². The molecule has 9 nitrogen and oxygen atoms in total. The molecule has 0 aliphatic heterocycles. The molecule has 0 amide bonds. The van der Waals surface area contributed by atoms with Crippen LogP contribution in [0.25, 0.3) is 22.0 Å². The van der Waals surface area contributed by atoms with Crippen molar-refractivity contribution < 1.29 is 24.2 Å². The molecule has 27 heavy (non-hydrogen) atoms. The predicted octanol–water partition coefficient (Wildman–Crippen LogP) is 1.88. The summed E-state index contributed by atoms with van der Waals surface area (Å²) < 4.78 is 5.96. The number of aromatic nitrogens is 4. The third kappa shape index (κ3) is 3.39. The first-order valence-corrected chi connectivity index (χ1v) is 7.96. The number of carbonyl (C=O) groups excluding carboxylic acids is 2. The fraction of sp³-hybridized carbons (Fsp3) is 0.222. The fourth-order valence-corrected chi connectivity index (χ4v) is 2.79. The summed E-state index contributed by atoms with van der Waals surface area (Å²) in [5.74, 6) is -1.58. The lowest BCUT2D eigenvalue weighted by Crippen LogP contribution is -2.13. The molecule has 0 bridgehead atoms. The number of aryl methyl sites for hydroxylation is 1. The van der Waals surface area contributed by atoms with Gasteiger partial charge in [-0.05, 0) is 24.6 Å². The van der Waals surface area contributed by atoms with E-state index >= 15 is 0 Å². The predicted molar refractivity (Wildman–Crippen MR) is 94.5 cm³/mol. The van der Waals surface area contributed by atoms with Gasteiger partial charge in [-0.3, -0.25) is 14.3 Å². The number of hydrogen-bond acceptors (Lipinski definition) is 7. The van der Waals surface area contributed by atoms with Crippen LogP contribution in [0.2, 0.25) is 0 Å². The van der Waals surface area contributed by atoms with Crippen molar-refractivity contribution in [3.8, 4) is 11.1 Å². The summed E-state index contributed by atoms with van der Waals surface area (Å²) in [6.07, 6.45) is 3.19. The average Bonchev–Trinajstić information content (AvgIpc) is 2.99. The fourth-order valence-electron chi connectivity index (χ4n) is 2.79. The maximum absolute atomic E-state index is 12.4. The van der Waals surface area contributed by atoms with Crippen LogP contribution < -0.4 is 0 Å². The molecule has 1 aromatic carbocycles. The second-order valence-corrected chi connectivity index (χ2v) is 5.89. The molecule has 3 aromatic rings. The van der Waals surface area contributed by atoms with Crippen LogP contribution in [0, 0.1) is 6.92 Å². The molecule has 0 aliphatic carbocycles. The molecule has 0 saturated heterocycles. The van der Waals surface area contributed by atoms with Crippen LogP contribution in [0.3, 0.4) is 0 Å².